The fourth-order valence-electron chi connectivity index (χ4n) is 6.63. The maximum absolute atomic E-state index is 12.9. The highest BCUT2D eigenvalue weighted by atomic mass is 16.5. The van der Waals surface area contributed by atoms with Crippen molar-refractivity contribution < 1.29 is 23.9 Å². The Kier molecular flexibility index (Phi) is 16.2. The minimum Gasteiger partial charge on any atom is -0.454 e. The van der Waals surface area contributed by atoms with E-state index in [0.717, 1.165) is 39.0 Å². The number of rotatable bonds is 14. The monoisotopic (exact) mass is 692 g/mol. The average molecular weight is 693 g/mol. The minimum absolute atomic E-state index is 0.0635. The number of esters is 1. The average Bonchev–Trinajstić information content (AvgIpc) is 3.03. The van der Waals surface area contributed by atoms with Gasteiger partial charge in [-0.05, 0) is 88.0 Å². The number of hydrogen-bond donors (Lipinski definition) is 0. The predicted octanol–water partition coefficient (Wildman–Crippen LogP) is 11.1. The van der Waals surface area contributed by atoms with E-state index in [9.17, 15) is 19.2 Å². The Hall–Kier alpha value is -4.38. The van der Waals surface area contributed by atoms with Crippen molar-refractivity contribution in [2.75, 3.05) is 0 Å². The zero-order chi connectivity index (χ0) is 38.5. The largest absolute Gasteiger partial charge is 0.454 e. The molecule has 0 amide bonds. The highest BCUT2D eigenvalue weighted by Gasteiger charge is 2.40. The van der Waals surface area contributed by atoms with E-state index >= 15 is 0 Å². The van der Waals surface area contributed by atoms with Crippen LogP contribution in [0.4, 0.5) is 0 Å². The second-order valence-corrected chi connectivity index (χ2v) is 15.3. The Morgan fingerprint density at radius 3 is 1.51 bits per heavy atom. The molecule has 0 aromatic heterocycles. The first-order valence-electron chi connectivity index (χ1n) is 18.1. The first kappa shape index (κ1) is 42.8. The molecule has 5 nitrogen and oxygen atoms in total. The van der Waals surface area contributed by atoms with Gasteiger partial charge in [-0.1, -0.05) is 142 Å². The molecule has 0 fully saturated rings. The summed E-state index contributed by atoms with van der Waals surface area (Å²) in [5, 5.41) is 0. The van der Waals surface area contributed by atoms with Gasteiger partial charge < -0.3 is 9.53 Å². The molecular formula is C46H60O5. The molecule has 0 heterocycles. The summed E-state index contributed by atoms with van der Waals surface area (Å²) in [5.74, 6) is -0.520. The Morgan fingerprint density at radius 1 is 0.647 bits per heavy atom. The van der Waals surface area contributed by atoms with Crippen LogP contribution in [0, 0.1) is 16.7 Å². The normalized spacial score (nSPS) is 22.6. The van der Waals surface area contributed by atoms with E-state index in [0.29, 0.717) is 24.8 Å². The third-order valence-corrected chi connectivity index (χ3v) is 9.51. The maximum atomic E-state index is 12.9. The fourth-order valence-corrected chi connectivity index (χ4v) is 6.63. The number of hydrogen-bond acceptors (Lipinski definition) is 5. The second-order valence-electron chi connectivity index (χ2n) is 15.3. The van der Waals surface area contributed by atoms with Crippen molar-refractivity contribution in [3.63, 3.8) is 0 Å². The zero-order valence-electron chi connectivity index (χ0n) is 33.1. The molecule has 0 aromatic rings. The Labute approximate surface area is 307 Å². The Bertz CT molecular complexity index is 1700. The number of Topliss-reactive ketones (excluding diaryl/α,β-unsaturated/α-hetero) is 3. The van der Waals surface area contributed by atoms with Gasteiger partial charge in [-0.2, -0.15) is 0 Å². The van der Waals surface area contributed by atoms with Crippen molar-refractivity contribution in [1.29, 1.82) is 0 Å². The molecule has 0 N–H and O–H groups in total. The van der Waals surface area contributed by atoms with Gasteiger partial charge in [0.15, 0.2) is 17.7 Å². The number of carbonyl (C=O) groups is 4. The third kappa shape index (κ3) is 13.4. The first-order chi connectivity index (χ1) is 23.8. The number of ether oxygens (including phenoxy) is 1. The van der Waals surface area contributed by atoms with E-state index in [1.54, 1.807) is 13.8 Å². The van der Waals surface area contributed by atoms with Crippen LogP contribution in [0.25, 0.3) is 0 Å². The molecule has 274 valence electrons. The summed E-state index contributed by atoms with van der Waals surface area (Å²) in [5.41, 5.74) is 7.35. The van der Waals surface area contributed by atoms with E-state index in [4.69, 9.17) is 4.74 Å². The number of allylic oxidation sites excluding steroid dienone is 21. The number of ketones is 3. The van der Waals surface area contributed by atoms with Crippen LogP contribution in [0.1, 0.15) is 109 Å². The van der Waals surface area contributed by atoms with Crippen LogP contribution < -0.4 is 0 Å². The molecular weight excluding hydrogens is 633 g/mol. The van der Waals surface area contributed by atoms with Crippen molar-refractivity contribution in [2.24, 2.45) is 16.7 Å². The molecule has 2 aliphatic rings. The quantitative estimate of drug-likeness (QED) is 0.134. The molecule has 0 aromatic carbocycles. The van der Waals surface area contributed by atoms with Gasteiger partial charge in [-0.3, -0.25) is 14.4 Å². The van der Waals surface area contributed by atoms with E-state index in [2.05, 4.69) is 84.1 Å². The van der Waals surface area contributed by atoms with Crippen LogP contribution >= 0.6 is 0 Å². The lowest BCUT2D eigenvalue weighted by Gasteiger charge is -2.36. The van der Waals surface area contributed by atoms with Crippen molar-refractivity contribution in [3.05, 3.63) is 130 Å². The molecule has 0 bridgehead atoms. The lowest BCUT2D eigenvalue weighted by molar-refractivity contribution is -0.155. The Balaban J connectivity index is 1.98. The summed E-state index contributed by atoms with van der Waals surface area (Å²) < 4.78 is 5.42. The van der Waals surface area contributed by atoms with Gasteiger partial charge in [0, 0.05) is 25.2 Å². The van der Waals surface area contributed by atoms with Crippen LogP contribution in [-0.4, -0.2) is 29.4 Å². The molecule has 5 heteroatoms. The third-order valence-electron chi connectivity index (χ3n) is 9.51. The summed E-state index contributed by atoms with van der Waals surface area (Å²) in [6.45, 7) is 23.6. The summed E-state index contributed by atoms with van der Waals surface area (Å²) in [6.07, 6.45) is 29.6. The smallest absolute Gasteiger partial charge is 0.306 e. The van der Waals surface area contributed by atoms with Crippen molar-refractivity contribution in [3.8, 4) is 0 Å². The summed E-state index contributed by atoms with van der Waals surface area (Å²) >= 11 is 0. The van der Waals surface area contributed by atoms with E-state index < -0.39 is 6.10 Å². The maximum Gasteiger partial charge on any atom is 0.306 e. The van der Waals surface area contributed by atoms with Crippen LogP contribution in [0.15, 0.2) is 130 Å². The SMILES string of the molecule is CCC(=O)OC1CC(C)(C)C(/C=C/C(C)=C/C=C/C(C)=C/C=C/C=C(C)/C=C/C=C(C)/C=C/C2=C(C)C(=O)C(CC(C)=O)CC2(C)C)=C(C)C1=O. The highest BCUT2D eigenvalue weighted by molar-refractivity contribution is 6.02. The lowest BCUT2D eigenvalue weighted by atomic mass is 9.66. The van der Waals surface area contributed by atoms with E-state index in [1.807, 2.05) is 70.2 Å². The summed E-state index contributed by atoms with van der Waals surface area (Å²) in [6, 6.07) is 0. The lowest BCUT2D eigenvalue weighted by Crippen LogP contribution is -2.38. The second kappa shape index (κ2) is 19.3. The molecule has 0 aliphatic heterocycles. The molecule has 0 saturated carbocycles. The molecule has 51 heavy (non-hydrogen) atoms. The topological polar surface area (TPSA) is 77.5 Å². The predicted molar refractivity (Wildman–Crippen MR) is 212 cm³/mol. The molecule has 0 radical (unpaired) electrons. The van der Waals surface area contributed by atoms with Crippen LogP contribution in [0.2, 0.25) is 0 Å². The van der Waals surface area contributed by atoms with Crippen LogP contribution in [-0.2, 0) is 23.9 Å². The van der Waals surface area contributed by atoms with Gasteiger partial charge >= 0.3 is 5.97 Å². The standard InChI is InChI=1S/C46H60O5/c1-13-42(48)51-41-30-46(11,12)40(37(8)44(41)50)27-25-34(5)23-17-21-32(3)19-15-14-18-31(2)20-16-22-33(4)24-26-39-36(7)43(49)38(28-35(6)47)29-45(39,9)10/h14-27,38,41H,13,28-30H2,1-12H3/b15-14+,20-16+,21-17+,26-24+,27-25+,31-18+,32-19+,33-22+,34-23+. The van der Waals surface area contributed by atoms with Gasteiger partial charge in [0.05, 0.1) is 0 Å². The van der Waals surface area contributed by atoms with Crippen LogP contribution in [0.3, 0.4) is 0 Å². The van der Waals surface area contributed by atoms with Gasteiger partial charge in [0.25, 0.3) is 0 Å². The summed E-state index contributed by atoms with van der Waals surface area (Å²) in [4.78, 5) is 49.2. The molecule has 2 atom stereocenters. The van der Waals surface area contributed by atoms with Gasteiger partial charge in [-0.25, -0.2) is 0 Å². The van der Waals surface area contributed by atoms with Crippen molar-refractivity contribution in [2.45, 2.75) is 115 Å². The Morgan fingerprint density at radius 2 is 1.06 bits per heavy atom. The molecule has 2 aliphatic carbocycles. The van der Waals surface area contributed by atoms with Gasteiger partial charge in [0.2, 0.25) is 0 Å². The van der Waals surface area contributed by atoms with Gasteiger partial charge in [-0.15, -0.1) is 0 Å². The minimum atomic E-state index is -0.712. The molecule has 2 unspecified atom stereocenters. The molecule has 2 rings (SSSR count). The van der Waals surface area contributed by atoms with E-state index in [-0.39, 0.29) is 46.5 Å². The zero-order valence-corrected chi connectivity index (χ0v) is 33.1. The van der Waals surface area contributed by atoms with Crippen molar-refractivity contribution in [1.82, 2.24) is 0 Å². The highest BCUT2D eigenvalue weighted by Crippen LogP contribution is 2.43. The summed E-state index contributed by atoms with van der Waals surface area (Å²) in [7, 11) is 0. The van der Waals surface area contributed by atoms with Crippen molar-refractivity contribution >= 4 is 23.3 Å². The number of carbonyl (C=O) groups excluding carboxylic acids is 4. The fraction of sp³-hybridized carbons (Fsp3) is 0.435. The van der Waals surface area contributed by atoms with E-state index in [1.165, 1.54) is 0 Å². The molecule has 0 saturated heterocycles. The molecule has 0 spiro atoms. The van der Waals surface area contributed by atoms with Gasteiger partial charge in [0.1, 0.15) is 5.78 Å². The first-order valence-corrected chi connectivity index (χ1v) is 18.1. The van der Waals surface area contributed by atoms with Crippen LogP contribution in [0.5, 0.6) is 0 Å².